The molecule has 0 spiro atoms. The molecule has 0 aromatic heterocycles. The van der Waals surface area contributed by atoms with Crippen molar-refractivity contribution >= 4 is 37.4 Å². The molecule has 2 aromatic rings. The van der Waals surface area contributed by atoms with Crippen LogP contribution in [0.15, 0.2) is 77.7 Å². The molecule has 2 aromatic carbocycles. The van der Waals surface area contributed by atoms with Crippen LogP contribution in [0.4, 0.5) is 0 Å². The van der Waals surface area contributed by atoms with E-state index < -0.39 is 50.7 Å². The maximum absolute atomic E-state index is 13.1. The average Bonchev–Trinajstić information content (AvgIpc) is 2.87. The Morgan fingerprint density at radius 3 is 2.31 bits per heavy atom. The van der Waals surface area contributed by atoms with Crippen LogP contribution in [0.2, 0.25) is 0 Å². The highest BCUT2D eigenvalue weighted by atomic mass is 33.1. The molecule has 36 heavy (non-hydrogen) atoms. The highest BCUT2D eigenvalue weighted by Gasteiger charge is 2.55. The standard InChI is InChI=1S/C24H26N2O8S2/c1-16(2)21(24(29)34-15-32-3)26-22(28)20(25-19(27)14-33-17-10-6-4-7-11-17)23(26)35-36(30,31)18-12-8-5-9-13-18/h4-13,20-21,23H,1,14-15H2,2-3H3,(H,25,27). The molecule has 1 heterocycles. The Bertz CT molecular complexity index is 1210. The van der Waals surface area contributed by atoms with Crippen LogP contribution in [0.5, 0.6) is 5.75 Å². The number of para-hydroxylation sites is 1. The van der Waals surface area contributed by atoms with Crippen molar-refractivity contribution in [2.45, 2.75) is 29.3 Å². The van der Waals surface area contributed by atoms with E-state index in [4.69, 9.17) is 14.2 Å². The lowest BCUT2D eigenvalue weighted by atomic mass is 9.99. The van der Waals surface area contributed by atoms with Gasteiger partial charge in [-0.15, -0.1) is 0 Å². The quantitative estimate of drug-likeness (QED) is 0.143. The lowest BCUT2D eigenvalue weighted by Gasteiger charge is -2.49. The highest BCUT2D eigenvalue weighted by molar-refractivity contribution is 8.72. The van der Waals surface area contributed by atoms with Crippen molar-refractivity contribution < 1.29 is 37.0 Å². The molecule has 3 unspecified atom stereocenters. The second-order valence-corrected chi connectivity index (χ2v) is 11.7. The van der Waals surface area contributed by atoms with E-state index in [1.54, 1.807) is 48.5 Å². The zero-order chi connectivity index (χ0) is 26.3. The number of carbonyl (C=O) groups is 3. The van der Waals surface area contributed by atoms with Crippen molar-refractivity contribution in [1.82, 2.24) is 10.2 Å². The van der Waals surface area contributed by atoms with Gasteiger partial charge in [-0.05, 0) is 36.8 Å². The molecule has 1 aliphatic heterocycles. The first-order chi connectivity index (χ1) is 17.2. The average molecular weight is 535 g/mol. The third-order valence-electron chi connectivity index (χ3n) is 5.05. The third-order valence-corrected chi connectivity index (χ3v) is 8.78. The van der Waals surface area contributed by atoms with E-state index in [1.165, 1.54) is 26.2 Å². The number of carbonyl (C=O) groups excluding carboxylic acids is 3. The van der Waals surface area contributed by atoms with Crippen LogP contribution in [0, 0.1) is 0 Å². The molecule has 0 radical (unpaired) electrons. The molecule has 1 N–H and O–H groups in total. The number of β-lactam (4-membered cyclic amide) rings is 1. The summed E-state index contributed by atoms with van der Waals surface area (Å²) in [6.07, 6.45) is 0. The number of likely N-dealkylation sites (tertiary alicyclic amines) is 1. The molecule has 1 saturated heterocycles. The van der Waals surface area contributed by atoms with Crippen molar-refractivity contribution in [2.24, 2.45) is 0 Å². The van der Waals surface area contributed by atoms with Crippen LogP contribution >= 0.6 is 10.8 Å². The SMILES string of the molecule is C=C(C)C(C(=O)OCOC)N1C(=O)C(NC(=O)COc2ccccc2)C1SS(=O)(=O)c1ccccc1. The van der Waals surface area contributed by atoms with Gasteiger partial charge >= 0.3 is 5.97 Å². The molecule has 10 nitrogen and oxygen atoms in total. The summed E-state index contributed by atoms with van der Waals surface area (Å²) in [4.78, 5) is 39.4. The van der Waals surface area contributed by atoms with Crippen LogP contribution in [0.3, 0.4) is 0 Å². The van der Waals surface area contributed by atoms with Gasteiger partial charge in [0.15, 0.2) is 19.4 Å². The van der Waals surface area contributed by atoms with Gasteiger partial charge in [0.25, 0.3) is 5.91 Å². The van der Waals surface area contributed by atoms with Gasteiger partial charge in [0.05, 0.1) is 4.90 Å². The number of benzene rings is 2. The minimum atomic E-state index is -3.97. The van der Waals surface area contributed by atoms with Crippen molar-refractivity contribution in [3.05, 3.63) is 72.8 Å². The monoisotopic (exact) mass is 534 g/mol. The van der Waals surface area contributed by atoms with Crippen LogP contribution < -0.4 is 10.1 Å². The van der Waals surface area contributed by atoms with Gasteiger partial charge in [0, 0.05) is 17.9 Å². The predicted molar refractivity (Wildman–Crippen MR) is 132 cm³/mol. The van der Waals surface area contributed by atoms with Gasteiger partial charge in [0.1, 0.15) is 17.2 Å². The maximum Gasteiger partial charge on any atom is 0.335 e. The fourth-order valence-electron chi connectivity index (χ4n) is 3.40. The van der Waals surface area contributed by atoms with Gasteiger partial charge in [0.2, 0.25) is 14.8 Å². The zero-order valence-corrected chi connectivity index (χ0v) is 21.3. The highest BCUT2D eigenvalue weighted by Crippen LogP contribution is 2.39. The summed E-state index contributed by atoms with van der Waals surface area (Å²) < 4.78 is 41.4. The van der Waals surface area contributed by atoms with E-state index in [2.05, 4.69) is 11.9 Å². The molecular weight excluding hydrogens is 508 g/mol. The number of methoxy groups -OCH3 is 1. The van der Waals surface area contributed by atoms with E-state index in [-0.39, 0.29) is 17.3 Å². The van der Waals surface area contributed by atoms with Crippen LogP contribution in [0.1, 0.15) is 6.92 Å². The Balaban J connectivity index is 1.83. The fraction of sp³-hybridized carbons (Fsp3) is 0.292. The molecule has 0 bridgehead atoms. The summed E-state index contributed by atoms with van der Waals surface area (Å²) >= 11 is 0. The lowest BCUT2D eigenvalue weighted by molar-refractivity contribution is -0.169. The second-order valence-electron chi connectivity index (χ2n) is 7.77. The van der Waals surface area contributed by atoms with E-state index in [0.717, 1.165) is 4.90 Å². The number of amides is 2. The Hall–Kier alpha value is -3.35. The summed E-state index contributed by atoms with van der Waals surface area (Å²) in [5.41, 5.74) is 0.254. The molecule has 3 rings (SSSR count). The minimum Gasteiger partial charge on any atom is -0.484 e. The summed E-state index contributed by atoms with van der Waals surface area (Å²) in [6, 6.07) is 13.7. The Morgan fingerprint density at radius 2 is 1.72 bits per heavy atom. The van der Waals surface area contributed by atoms with E-state index in [1.807, 2.05) is 0 Å². The smallest absolute Gasteiger partial charge is 0.335 e. The first-order valence-electron chi connectivity index (χ1n) is 10.7. The van der Waals surface area contributed by atoms with Gasteiger partial charge in [-0.3, -0.25) is 9.59 Å². The van der Waals surface area contributed by atoms with Crippen LogP contribution in [-0.2, 0) is 32.7 Å². The van der Waals surface area contributed by atoms with Gasteiger partial charge < -0.3 is 24.4 Å². The molecular formula is C24H26N2O8S2. The lowest BCUT2D eigenvalue weighted by Crippen LogP contribution is -2.73. The normalized spacial score (nSPS) is 18.1. The summed E-state index contributed by atoms with van der Waals surface area (Å²) in [6.45, 7) is 4.52. The summed E-state index contributed by atoms with van der Waals surface area (Å²) in [5.74, 6) is -1.67. The van der Waals surface area contributed by atoms with Crippen molar-refractivity contribution in [2.75, 3.05) is 20.5 Å². The maximum atomic E-state index is 13.1. The molecule has 0 aliphatic carbocycles. The molecule has 1 fully saturated rings. The molecule has 1 aliphatic rings. The number of esters is 1. The molecule has 2 amide bonds. The number of hydrogen-bond donors (Lipinski definition) is 1. The minimum absolute atomic E-state index is 0.0145. The Labute approximate surface area is 212 Å². The fourth-order valence-corrected chi connectivity index (χ4v) is 6.93. The van der Waals surface area contributed by atoms with Gasteiger partial charge in [-0.2, -0.15) is 0 Å². The molecule has 192 valence electrons. The third kappa shape index (κ3) is 6.45. The predicted octanol–water partition coefficient (Wildman–Crippen LogP) is 1.93. The second kappa shape index (κ2) is 12.1. The number of nitrogens with zero attached hydrogens (tertiary/aromatic N) is 1. The summed E-state index contributed by atoms with van der Waals surface area (Å²) in [5, 5.41) is 1.38. The number of ether oxygens (including phenoxy) is 3. The van der Waals surface area contributed by atoms with Gasteiger partial charge in [-0.25, -0.2) is 13.2 Å². The molecule has 12 heteroatoms. The van der Waals surface area contributed by atoms with Crippen molar-refractivity contribution in [1.29, 1.82) is 0 Å². The van der Waals surface area contributed by atoms with Crippen molar-refractivity contribution in [3.8, 4) is 5.75 Å². The van der Waals surface area contributed by atoms with E-state index in [0.29, 0.717) is 16.5 Å². The van der Waals surface area contributed by atoms with E-state index >= 15 is 0 Å². The Kier molecular flexibility index (Phi) is 9.13. The zero-order valence-electron chi connectivity index (χ0n) is 19.7. The topological polar surface area (TPSA) is 128 Å². The Morgan fingerprint density at radius 1 is 1.11 bits per heavy atom. The largest absolute Gasteiger partial charge is 0.484 e. The van der Waals surface area contributed by atoms with Crippen LogP contribution in [0.25, 0.3) is 0 Å². The van der Waals surface area contributed by atoms with Crippen molar-refractivity contribution in [3.63, 3.8) is 0 Å². The van der Waals surface area contributed by atoms with Crippen LogP contribution in [-0.4, -0.2) is 69.1 Å². The number of nitrogens with one attached hydrogen (secondary N) is 1. The first kappa shape index (κ1) is 27.2. The molecule has 3 atom stereocenters. The molecule has 0 saturated carbocycles. The summed E-state index contributed by atoms with van der Waals surface area (Å²) in [7, 11) is -2.20. The van der Waals surface area contributed by atoms with E-state index in [9.17, 15) is 22.8 Å². The number of rotatable bonds is 12. The first-order valence-corrected chi connectivity index (χ1v) is 13.6. The number of hydrogen-bond acceptors (Lipinski definition) is 9. The van der Waals surface area contributed by atoms with Gasteiger partial charge in [-0.1, -0.05) is 43.0 Å².